The Balaban J connectivity index is 2.60. The van der Waals surface area contributed by atoms with E-state index in [1.165, 1.54) is 38.5 Å². The number of hydrogen-bond donors (Lipinski definition) is 1. The van der Waals surface area contributed by atoms with E-state index in [0.717, 1.165) is 4.90 Å². The van der Waals surface area contributed by atoms with Gasteiger partial charge >= 0.3 is 18.0 Å². The summed E-state index contributed by atoms with van der Waals surface area (Å²) >= 11 is 0. The van der Waals surface area contributed by atoms with E-state index in [1.54, 1.807) is 0 Å². The smallest absolute Gasteiger partial charge is 0.325 e. The highest BCUT2D eigenvalue weighted by Gasteiger charge is 2.18. The fraction of sp³-hybridized carbons (Fsp3) is 0.400. The molecule has 1 rings (SSSR count). The number of carbonyl (C=O) groups is 3. The topological polar surface area (TPSA) is 84.9 Å². The van der Waals surface area contributed by atoms with Crippen molar-refractivity contribution >= 4 is 18.0 Å². The molecule has 1 aromatic rings. The maximum atomic E-state index is 12.8. The SMILES string of the molecule is COC(=O)CCN(CC(=O)OC)C(=O)NCc1ccc(F)cc1. The second-order valence-corrected chi connectivity index (χ2v) is 4.61. The summed E-state index contributed by atoms with van der Waals surface area (Å²) in [6, 6.07) is 5.10. The van der Waals surface area contributed by atoms with E-state index in [0.29, 0.717) is 5.56 Å². The van der Waals surface area contributed by atoms with Gasteiger partial charge in [-0.05, 0) is 17.7 Å². The van der Waals surface area contributed by atoms with Crippen molar-refractivity contribution in [1.82, 2.24) is 10.2 Å². The zero-order valence-electron chi connectivity index (χ0n) is 13.0. The van der Waals surface area contributed by atoms with Gasteiger partial charge in [-0.2, -0.15) is 0 Å². The lowest BCUT2D eigenvalue weighted by Crippen LogP contribution is -2.43. The number of methoxy groups -OCH3 is 2. The Morgan fingerprint density at radius 2 is 1.70 bits per heavy atom. The van der Waals surface area contributed by atoms with Crippen molar-refractivity contribution < 1.29 is 28.2 Å². The monoisotopic (exact) mass is 326 g/mol. The van der Waals surface area contributed by atoms with Crippen molar-refractivity contribution in [2.24, 2.45) is 0 Å². The molecule has 23 heavy (non-hydrogen) atoms. The highest BCUT2D eigenvalue weighted by molar-refractivity contribution is 5.81. The van der Waals surface area contributed by atoms with Gasteiger partial charge < -0.3 is 19.7 Å². The molecule has 1 N–H and O–H groups in total. The fourth-order valence-corrected chi connectivity index (χ4v) is 1.69. The third-order valence-corrected chi connectivity index (χ3v) is 3.01. The molecular weight excluding hydrogens is 307 g/mol. The largest absolute Gasteiger partial charge is 0.469 e. The molecule has 0 fully saturated rings. The fourth-order valence-electron chi connectivity index (χ4n) is 1.69. The van der Waals surface area contributed by atoms with Crippen LogP contribution >= 0.6 is 0 Å². The maximum absolute atomic E-state index is 12.8. The van der Waals surface area contributed by atoms with Crippen LogP contribution in [0.3, 0.4) is 0 Å². The van der Waals surface area contributed by atoms with Gasteiger partial charge in [0, 0.05) is 13.1 Å². The number of halogens is 1. The van der Waals surface area contributed by atoms with Crippen LogP contribution in [0.2, 0.25) is 0 Å². The van der Waals surface area contributed by atoms with Gasteiger partial charge in [0.05, 0.1) is 20.6 Å². The number of ether oxygens (including phenoxy) is 2. The van der Waals surface area contributed by atoms with Gasteiger partial charge in [-0.1, -0.05) is 12.1 Å². The molecule has 0 saturated heterocycles. The Morgan fingerprint density at radius 1 is 1.09 bits per heavy atom. The second kappa shape index (κ2) is 9.39. The molecule has 0 aliphatic heterocycles. The van der Waals surface area contributed by atoms with Gasteiger partial charge in [-0.3, -0.25) is 9.59 Å². The van der Waals surface area contributed by atoms with E-state index in [9.17, 15) is 18.8 Å². The van der Waals surface area contributed by atoms with Crippen LogP contribution in [0.15, 0.2) is 24.3 Å². The standard InChI is InChI=1S/C15H19FN2O5/c1-22-13(19)7-8-18(10-14(20)23-2)15(21)17-9-11-3-5-12(16)6-4-11/h3-6H,7-10H2,1-2H3,(H,17,21). The van der Waals surface area contributed by atoms with Gasteiger partial charge in [0.1, 0.15) is 12.4 Å². The first-order valence-electron chi connectivity index (χ1n) is 6.87. The molecule has 0 radical (unpaired) electrons. The lowest BCUT2D eigenvalue weighted by atomic mass is 10.2. The summed E-state index contributed by atoms with van der Waals surface area (Å²) < 4.78 is 21.8. The van der Waals surface area contributed by atoms with E-state index in [2.05, 4.69) is 14.8 Å². The molecular formula is C15H19FN2O5. The highest BCUT2D eigenvalue weighted by Crippen LogP contribution is 2.03. The quantitative estimate of drug-likeness (QED) is 0.758. The molecule has 2 amide bonds. The van der Waals surface area contributed by atoms with Gasteiger partial charge in [0.25, 0.3) is 0 Å². The first-order valence-corrected chi connectivity index (χ1v) is 6.87. The van der Waals surface area contributed by atoms with Crippen molar-refractivity contribution in [3.8, 4) is 0 Å². The molecule has 0 saturated carbocycles. The summed E-state index contributed by atoms with van der Waals surface area (Å²) in [6.45, 7) is -0.116. The molecule has 0 spiro atoms. The number of nitrogens with one attached hydrogen (secondary N) is 1. The molecule has 0 bridgehead atoms. The lowest BCUT2D eigenvalue weighted by Gasteiger charge is -2.21. The molecule has 0 atom stereocenters. The zero-order valence-corrected chi connectivity index (χ0v) is 13.0. The van der Waals surface area contributed by atoms with Crippen molar-refractivity contribution in [2.45, 2.75) is 13.0 Å². The van der Waals surface area contributed by atoms with Crippen molar-refractivity contribution in [2.75, 3.05) is 27.3 Å². The summed E-state index contributed by atoms with van der Waals surface area (Å²) in [5.41, 5.74) is 0.700. The number of nitrogens with zero attached hydrogens (tertiary/aromatic N) is 1. The van der Waals surface area contributed by atoms with E-state index >= 15 is 0 Å². The van der Waals surface area contributed by atoms with Crippen LogP contribution in [-0.2, 0) is 25.6 Å². The second-order valence-electron chi connectivity index (χ2n) is 4.61. The van der Waals surface area contributed by atoms with Crippen LogP contribution < -0.4 is 5.32 Å². The van der Waals surface area contributed by atoms with Crippen molar-refractivity contribution in [3.05, 3.63) is 35.6 Å². The summed E-state index contributed by atoms with van der Waals surface area (Å²) in [5.74, 6) is -1.47. The van der Waals surface area contributed by atoms with Gasteiger partial charge in [0.15, 0.2) is 0 Å². The van der Waals surface area contributed by atoms with E-state index in [1.807, 2.05) is 0 Å². The minimum atomic E-state index is -0.605. The molecule has 7 nitrogen and oxygen atoms in total. The number of hydrogen-bond acceptors (Lipinski definition) is 5. The summed E-state index contributed by atoms with van der Waals surface area (Å²) in [7, 11) is 2.44. The molecule has 0 aliphatic rings. The Labute approximate surface area is 133 Å². The molecule has 0 heterocycles. The van der Waals surface area contributed by atoms with Crippen LogP contribution in [0.4, 0.5) is 9.18 Å². The number of amides is 2. The molecule has 0 unspecified atom stereocenters. The predicted octanol–water partition coefficient (Wildman–Crippen LogP) is 1.07. The Hall–Kier alpha value is -2.64. The van der Waals surface area contributed by atoms with Crippen molar-refractivity contribution in [3.63, 3.8) is 0 Å². The van der Waals surface area contributed by atoms with Crippen LogP contribution in [0, 0.1) is 5.82 Å². The summed E-state index contributed by atoms with van der Waals surface area (Å²) in [6.07, 6.45) is -0.0442. The van der Waals surface area contributed by atoms with Gasteiger partial charge in [-0.25, -0.2) is 9.18 Å². The first-order chi connectivity index (χ1) is 11.0. The van der Waals surface area contributed by atoms with E-state index in [4.69, 9.17) is 0 Å². The number of esters is 2. The third kappa shape index (κ3) is 6.77. The van der Waals surface area contributed by atoms with Gasteiger partial charge in [-0.15, -0.1) is 0 Å². The lowest BCUT2D eigenvalue weighted by molar-refractivity contribution is -0.143. The average molecular weight is 326 g/mol. The maximum Gasteiger partial charge on any atom is 0.325 e. The molecule has 0 aliphatic carbocycles. The minimum Gasteiger partial charge on any atom is -0.469 e. The van der Waals surface area contributed by atoms with Crippen LogP contribution in [0.5, 0.6) is 0 Å². The van der Waals surface area contributed by atoms with E-state index in [-0.39, 0.29) is 31.9 Å². The number of urea groups is 1. The van der Waals surface area contributed by atoms with Crippen LogP contribution in [0.1, 0.15) is 12.0 Å². The molecule has 1 aromatic carbocycles. The van der Waals surface area contributed by atoms with Crippen LogP contribution in [-0.4, -0.2) is 50.2 Å². The van der Waals surface area contributed by atoms with Crippen LogP contribution in [0.25, 0.3) is 0 Å². The van der Waals surface area contributed by atoms with E-state index < -0.39 is 18.0 Å². The summed E-state index contributed by atoms with van der Waals surface area (Å²) in [5, 5.41) is 2.59. The normalized spacial score (nSPS) is 9.87. The number of rotatable bonds is 7. The number of carbonyl (C=O) groups excluding carboxylic acids is 3. The molecule has 8 heteroatoms. The third-order valence-electron chi connectivity index (χ3n) is 3.01. The summed E-state index contributed by atoms with van der Waals surface area (Å²) in [4.78, 5) is 35.8. The Morgan fingerprint density at radius 3 is 2.26 bits per heavy atom. The average Bonchev–Trinajstić information content (AvgIpc) is 2.57. The minimum absolute atomic E-state index is 0.0109. The highest BCUT2D eigenvalue weighted by atomic mass is 19.1. The molecule has 0 aromatic heterocycles. The predicted molar refractivity (Wildman–Crippen MR) is 78.9 cm³/mol. The first kappa shape index (κ1) is 18.4. The van der Waals surface area contributed by atoms with Gasteiger partial charge in [0.2, 0.25) is 0 Å². The zero-order chi connectivity index (χ0) is 17.2. The van der Waals surface area contributed by atoms with Crippen molar-refractivity contribution in [1.29, 1.82) is 0 Å². The Bertz CT molecular complexity index is 547. The Kier molecular flexibility index (Phi) is 7.52. The number of benzene rings is 1. The molecule has 126 valence electrons.